The van der Waals surface area contributed by atoms with Crippen LogP contribution in [0, 0.1) is 0 Å². The summed E-state index contributed by atoms with van der Waals surface area (Å²) in [5.41, 5.74) is 1.88. The molecule has 0 amide bonds. The molecule has 1 saturated carbocycles. The molecule has 0 saturated heterocycles. The maximum atomic E-state index is 5.14. The third-order valence-electron chi connectivity index (χ3n) is 3.70. The van der Waals surface area contributed by atoms with Crippen LogP contribution in [-0.2, 0) is 0 Å². The molecule has 0 bridgehead atoms. The molecule has 4 nitrogen and oxygen atoms in total. The van der Waals surface area contributed by atoms with Crippen molar-refractivity contribution in [2.45, 2.75) is 31.7 Å². The number of hydrogen-bond acceptors (Lipinski definition) is 4. The van der Waals surface area contributed by atoms with Gasteiger partial charge in [-0.3, -0.25) is 0 Å². The number of aromatic nitrogens is 2. The third kappa shape index (κ3) is 2.90. The minimum atomic E-state index is 0.586. The number of rotatable bonds is 4. The van der Waals surface area contributed by atoms with Crippen molar-refractivity contribution >= 4 is 5.82 Å². The van der Waals surface area contributed by atoms with Crippen LogP contribution in [0.4, 0.5) is 5.82 Å². The Kier molecular flexibility index (Phi) is 3.81. The molecule has 20 heavy (non-hydrogen) atoms. The van der Waals surface area contributed by atoms with Crippen molar-refractivity contribution in [1.82, 2.24) is 9.97 Å². The van der Waals surface area contributed by atoms with Gasteiger partial charge in [0.25, 0.3) is 0 Å². The maximum Gasteiger partial charge on any atom is 0.213 e. The first-order valence-electron chi connectivity index (χ1n) is 7.09. The van der Waals surface area contributed by atoms with Gasteiger partial charge in [0.1, 0.15) is 5.82 Å². The molecule has 2 heterocycles. The van der Waals surface area contributed by atoms with Crippen molar-refractivity contribution in [3.8, 4) is 17.1 Å². The third-order valence-corrected chi connectivity index (χ3v) is 3.70. The standard InChI is InChI=1S/C16H19N3O/c1-20-16-8-4-7-14(19-16)12-9-10-15(17-11-12)18-13-5-2-3-6-13/h4,7-11,13H,2-3,5-6H2,1H3,(H,17,18). The molecule has 4 heteroatoms. The lowest BCUT2D eigenvalue weighted by atomic mass is 10.2. The monoisotopic (exact) mass is 269 g/mol. The molecule has 104 valence electrons. The smallest absolute Gasteiger partial charge is 0.213 e. The molecule has 1 aliphatic carbocycles. The second kappa shape index (κ2) is 5.90. The summed E-state index contributed by atoms with van der Waals surface area (Å²) in [7, 11) is 1.62. The summed E-state index contributed by atoms with van der Waals surface area (Å²) < 4.78 is 5.14. The summed E-state index contributed by atoms with van der Waals surface area (Å²) in [6.45, 7) is 0. The summed E-state index contributed by atoms with van der Waals surface area (Å²) in [6, 6.07) is 10.4. The average molecular weight is 269 g/mol. The van der Waals surface area contributed by atoms with Crippen molar-refractivity contribution in [3.05, 3.63) is 36.5 Å². The zero-order valence-corrected chi connectivity index (χ0v) is 11.7. The van der Waals surface area contributed by atoms with Gasteiger partial charge in [0.05, 0.1) is 12.8 Å². The minimum Gasteiger partial charge on any atom is -0.481 e. The number of nitrogens with one attached hydrogen (secondary N) is 1. The molecule has 0 spiro atoms. The molecule has 0 aromatic carbocycles. The Labute approximate surface area is 119 Å². The summed E-state index contributed by atoms with van der Waals surface area (Å²) in [6.07, 6.45) is 7.01. The van der Waals surface area contributed by atoms with Crippen LogP contribution < -0.4 is 10.1 Å². The number of anilines is 1. The molecule has 0 unspecified atom stereocenters. The van der Waals surface area contributed by atoms with Crippen LogP contribution in [0.5, 0.6) is 5.88 Å². The highest BCUT2D eigenvalue weighted by atomic mass is 16.5. The van der Waals surface area contributed by atoms with Crippen molar-refractivity contribution in [1.29, 1.82) is 0 Å². The van der Waals surface area contributed by atoms with Crippen molar-refractivity contribution < 1.29 is 4.74 Å². The van der Waals surface area contributed by atoms with Crippen molar-refractivity contribution in [2.24, 2.45) is 0 Å². The quantitative estimate of drug-likeness (QED) is 0.922. The Morgan fingerprint density at radius 3 is 2.70 bits per heavy atom. The van der Waals surface area contributed by atoms with Crippen LogP contribution in [0.1, 0.15) is 25.7 Å². The maximum absolute atomic E-state index is 5.14. The van der Waals surface area contributed by atoms with Crippen LogP contribution >= 0.6 is 0 Å². The number of methoxy groups -OCH3 is 1. The van der Waals surface area contributed by atoms with Gasteiger partial charge in [-0.25, -0.2) is 9.97 Å². The van der Waals surface area contributed by atoms with E-state index in [4.69, 9.17) is 4.74 Å². The van der Waals surface area contributed by atoms with Gasteiger partial charge in [-0.15, -0.1) is 0 Å². The van der Waals surface area contributed by atoms with Crippen LogP contribution in [0.3, 0.4) is 0 Å². The molecular formula is C16H19N3O. The second-order valence-electron chi connectivity index (χ2n) is 5.12. The van der Waals surface area contributed by atoms with Gasteiger partial charge in [0, 0.05) is 23.9 Å². The van der Waals surface area contributed by atoms with Crippen LogP contribution in [-0.4, -0.2) is 23.1 Å². The van der Waals surface area contributed by atoms with Crippen LogP contribution in [0.2, 0.25) is 0 Å². The minimum absolute atomic E-state index is 0.586. The first kappa shape index (κ1) is 12.9. The van der Waals surface area contributed by atoms with Gasteiger partial charge in [-0.2, -0.15) is 0 Å². The van der Waals surface area contributed by atoms with Gasteiger partial charge >= 0.3 is 0 Å². The fraction of sp³-hybridized carbons (Fsp3) is 0.375. The first-order valence-corrected chi connectivity index (χ1v) is 7.09. The lowest BCUT2D eigenvalue weighted by molar-refractivity contribution is 0.398. The summed E-state index contributed by atoms with van der Waals surface area (Å²) in [4.78, 5) is 8.89. The van der Waals surface area contributed by atoms with Crippen molar-refractivity contribution in [3.63, 3.8) is 0 Å². The van der Waals surface area contributed by atoms with E-state index in [0.717, 1.165) is 17.1 Å². The molecule has 1 fully saturated rings. The van der Waals surface area contributed by atoms with Gasteiger partial charge in [-0.1, -0.05) is 18.9 Å². The van der Waals surface area contributed by atoms with E-state index in [-0.39, 0.29) is 0 Å². The topological polar surface area (TPSA) is 47.0 Å². The van der Waals surface area contributed by atoms with E-state index >= 15 is 0 Å². The first-order chi connectivity index (χ1) is 9.85. The Morgan fingerprint density at radius 2 is 2.00 bits per heavy atom. The summed E-state index contributed by atoms with van der Waals surface area (Å²) in [5, 5.41) is 3.49. The number of ether oxygens (including phenoxy) is 1. The van der Waals surface area contributed by atoms with Gasteiger partial charge in [0.15, 0.2) is 0 Å². The Hall–Kier alpha value is -2.10. The van der Waals surface area contributed by atoms with Crippen LogP contribution in [0.25, 0.3) is 11.3 Å². The van der Waals surface area contributed by atoms with Gasteiger partial charge in [-0.05, 0) is 31.0 Å². The number of hydrogen-bond donors (Lipinski definition) is 1. The zero-order valence-electron chi connectivity index (χ0n) is 11.7. The Bertz CT molecular complexity index is 562. The van der Waals surface area contributed by atoms with Gasteiger partial charge < -0.3 is 10.1 Å². The number of pyridine rings is 2. The molecule has 1 N–H and O–H groups in total. The zero-order chi connectivity index (χ0) is 13.8. The molecular weight excluding hydrogens is 250 g/mol. The predicted molar refractivity (Wildman–Crippen MR) is 79.9 cm³/mol. The summed E-state index contributed by atoms with van der Waals surface area (Å²) >= 11 is 0. The second-order valence-corrected chi connectivity index (χ2v) is 5.12. The number of nitrogens with zero attached hydrogens (tertiary/aromatic N) is 2. The van der Waals surface area contributed by atoms with E-state index in [1.54, 1.807) is 7.11 Å². The van der Waals surface area contributed by atoms with E-state index in [0.29, 0.717) is 11.9 Å². The highest BCUT2D eigenvalue weighted by Gasteiger charge is 2.14. The lowest BCUT2D eigenvalue weighted by Gasteiger charge is -2.12. The van der Waals surface area contributed by atoms with E-state index in [9.17, 15) is 0 Å². The molecule has 0 atom stereocenters. The van der Waals surface area contributed by atoms with E-state index in [2.05, 4.69) is 15.3 Å². The van der Waals surface area contributed by atoms with E-state index in [1.165, 1.54) is 25.7 Å². The molecule has 0 radical (unpaired) electrons. The molecule has 0 aliphatic heterocycles. The van der Waals surface area contributed by atoms with Crippen LogP contribution in [0.15, 0.2) is 36.5 Å². The Morgan fingerprint density at radius 1 is 1.15 bits per heavy atom. The molecule has 2 aromatic rings. The highest BCUT2D eigenvalue weighted by molar-refractivity contribution is 5.60. The van der Waals surface area contributed by atoms with E-state index in [1.807, 2.05) is 36.5 Å². The summed E-state index contributed by atoms with van der Waals surface area (Å²) in [5.74, 6) is 1.57. The average Bonchev–Trinajstić information content (AvgIpc) is 3.01. The fourth-order valence-corrected chi connectivity index (χ4v) is 2.60. The largest absolute Gasteiger partial charge is 0.481 e. The van der Waals surface area contributed by atoms with E-state index < -0.39 is 0 Å². The SMILES string of the molecule is COc1cccc(-c2ccc(NC3CCCC3)nc2)n1. The lowest BCUT2D eigenvalue weighted by Crippen LogP contribution is -2.15. The molecule has 2 aromatic heterocycles. The fourth-order valence-electron chi connectivity index (χ4n) is 2.60. The molecule has 3 rings (SSSR count). The molecule has 1 aliphatic rings. The van der Waals surface area contributed by atoms with Crippen molar-refractivity contribution in [2.75, 3.05) is 12.4 Å². The normalized spacial score (nSPS) is 15.2. The predicted octanol–water partition coefficient (Wildman–Crippen LogP) is 3.51. The highest BCUT2D eigenvalue weighted by Crippen LogP contribution is 2.23. The Balaban J connectivity index is 1.74. The van der Waals surface area contributed by atoms with Gasteiger partial charge in [0.2, 0.25) is 5.88 Å².